The molecule has 3 heterocycles. The van der Waals surface area contributed by atoms with Gasteiger partial charge in [0.05, 0.1) is 10.9 Å². The Morgan fingerprint density at radius 2 is 1.76 bits per heavy atom. The van der Waals surface area contributed by atoms with Gasteiger partial charge in [0.25, 0.3) is 0 Å². The zero-order chi connectivity index (χ0) is 24.0. The molecule has 3 atom stereocenters. The molecule has 2 aliphatic rings. The van der Waals surface area contributed by atoms with Gasteiger partial charge in [0.2, 0.25) is 11.8 Å². The van der Waals surface area contributed by atoms with E-state index >= 15 is 0 Å². The van der Waals surface area contributed by atoms with Crippen molar-refractivity contribution in [3.05, 3.63) is 79.8 Å². The van der Waals surface area contributed by atoms with Crippen molar-refractivity contribution in [3.63, 3.8) is 0 Å². The van der Waals surface area contributed by atoms with Gasteiger partial charge in [0.15, 0.2) is 0 Å². The zero-order valence-corrected chi connectivity index (χ0v) is 19.7. The number of fused-ring (bicyclic) bond motifs is 2. The lowest BCUT2D eigenvalue weighted by Gasteiger charge is -2.29. The van der Waals surface area contributed by atoms with Crippen LogP contribution in [0.2, 0.25) is 0 Å². The highest BCUT2D eigenvalue weighted by atomic mass is 32.2. The Balaban J connectivity index is 1.44. The van der Waals surface area contributed by atoms with Gasteiger partial charge in [-0.15, -0.1) is 0 Å². The molecule has 8 nitrogen and oxygen atoms in total. The maximum absolute atomic E-state index is 13.2. The molecule has 0 radical (unpaired) electrons. The number of carbonyl (C=O) groups excluding carboxylic acids is 2. The maximum atomic E-state index is 13.2. The number of nitrogens with one attached hydrogen (secondary N) is 1. The second-order valence-electron chi connectivity index (χ2n) is 8.25. The Bertz CT molecular complexity index is 1330. The van der Waals surface area contributed by atoms with E-state index in [1.54, 1.807) is 12.1 Å². The highest BCUT2D eigenvalue weighted by Gasteiger charge is 2.56. The van der Waals surface area contributed by atoms with E-state index in [-0.39, 0.29) is 4.87 Å². The van der Waals surface area contributed by atoms with Gasteiger partial charge in [0.1, 0.15) is 24.2 Å². The Morgan fingerprint density at radius 3 is 2.44 bits per heavy atom. The number of benzene rings is 2. The molecule has 2 N–H and O–H groups in total. The second kappa shape index (κ2) is 8.77. The number of amides is 2. The van der Waals surface area contributed by atoms with Crippen molar-refractivity contribution >= 4 is 40.9 Å². The van der Waals surface area contributed by atoms with Crippen LogP contribution >= 0.6 is 23.1 Å². The first-order valence-electron chi connectivity index (χ1n) is 10.6. The monoisotopic (exact) mass is 496 g/mol. The molecule has 0 unspecified atom stereocenters. The molecule has 10 heteroatoms. The normalized spacial score (nSPS) is 21.3. The fourth-order valence-electron chi connectivity index (χ4n) is 4.35. The first kappa shape index (κ1) is 22.4. The third-order valence-electron chi connectivity index (χ3n) is 5.97. The number of aliphatic carboxylic acids is 1. The summed E-state index contributed by atoms with van der Waals surface area (Å²) >= 11 is 2.14. The van der Waals surface area contributed by atoms with Crippen LogP contribution in [0.25, 0.3) is 0 Å². The van der Waals surface area contributed by atoms with Crippen LogP contribution in [-0.2, 0) is 21.0 Å². The van der Waals surface area contributed by atoms with Gasteiger partial charge in [-0.25, -0.2) is 0 Å². The number of thioether (sulfide) groups is 1. The molecule has 3 aromatic rings. The van der Waals surface area contributed by atoms with Gasteiger partial charge in [-0.3, -0.25) is 24.1 Å². The maximum Gasteiger partial charge on any atom is 0.323 e. The number of carboxylic acids is 1. The summed E-state index contributed by atoms with van der Waals surface area (Å²) in [5.74, 6) is -2.99. The lowest BCUT2D eigenvalue weighted by Crippen LogP contribution is -2.36. The molecule has 0 spiro atoms. The van der Waals surface area contributed by atoms with Crippen LogP contribution in [-0.4, -0.2) is 44.6 Å². The average molecular weight is 497 g/mol. The van der Waals surface area contributed by atoms with Crippen LogP contribution in [0.15, 0.2) is 58.4 Å². The third kappa shape index (κ3) is 4.03. The molecule has 2 aromatic carbocycles. The predicted octanol–water partition coefficient (Wildman–Crippen LogP) is 3.00. The molecule has 1 saturated heterocycles. The summed E-state index contributed by atoms with van der Waals surface area (Å²) in [5.41, 5.74) is 2.97. The molecule has 2 amide bonds. The smallest absolute Gasteiger partial charge is 0.323 e. The molecule has 1 aromatic heterocycles. The summed E-state index contributed by atoms with van der Waals surface area (Å²) in [7, 11) is 0. The zero-order valence-electron chi connectivity index (χ0n) is 18.0. The molecular formula is C24H20N2O6S2. The average Bonchev–Trinajstić information content (AvgIpc) is 3.29. The number of hydrogen-bond donors (Lipinski definition) is 2. The number of hydrogen-bond acceptors (Lipinski definition) is 7. The van der Waals surface area contributed by atoms with Crippen molar-refractivity contribution in [2.45, 2.75) is 29.7 Å². The number of rotatable bonds is 6. The van der Waals surface area contributed by atoms with Crippen molar-refractivity contribution in [1.29, 1.82) is 0 Å². The molecule has 0 bridgehead atoms. The Labute approximate surface area is 202 Å². The molecule has 174 valence electrons. The molecular weight excluding hydrogens is 476 g/mol. The van der Waals surface area contributed by atoms with Crippen molar-refractivity contribution in [2.75, 3.05) is 6.54 Å². The van der Waals surface area contributed by atoms with Gasteiger partial charge in [0, 0.05) is 10.8 Å². The molecule has 0 saturated carbocycles. The Hall–Kier alpha value is -3.37. The summed E-state index contributed by atoms with van der Waals surface area (Å²) in [4.78, 5) is 53.3. The quantitative estimate of drug-likeness (QED) is 0.504. The highest BCUT2D eigenvalue weighted by molar-refractivity contribution is 8.00. The number of H-pyrrole nitrogens is 1. The lowest BCUT2D eigenvalue weighted by atomic mass is 9.83. The third-order valence-corrected chi connectivity index (χ3v) is 8.38. The fraction of sp³-hybridized carbons (Fsp3) is 0.250. The lowest BCUT2D eigenvalue weighted by molar-refractivity contribution is -0.149. The van der Waals surface area contributed by atoms with Crippen molar-refractivity contribution in [3.8, 4) is 5.75 Å². The first-order valence-corrected chi connectivity index (χ1v) is 12.3. The van der Waals surface area contributed by atoms with Crippen molar-refractivity contribution < 1.29 is 24.2 Å². The van der Waals surface area contributed by atoms with Gasteiger partial charge in [-0.05, 0) is 30.2 Å². The van der Waals surface area contributed by atoms with Gasteiger partial charge in [-0.2, -0.15) is 0 Å². The van der Waals surface area contributed by atoms with E-state index < -0.39 is 41.4 Å². The molecule has 0 aliphatic carbocycles. The van der Waals surface area contributed by atoms with Gasteiger partial charge in [-0.1, -0.05) is 65.1 Å². The number of carbonyl (C=O) groups is 3. The van der Waals surface area contributed by atoms with E-state index in [2.05, 4.69) is 4.98 Å². The highest BCUT2D eigenvalue weighted by Crippen LogP contribution is 2.52. The topological polar surface area (TPSA) is 117 Å². The van der Waals surface area contributed by atoms with Crippen LogP contribution in [0, 0.1) is 12.8 Å². The number of imide groups is 1. The fourth-order valence-corrected chi connectivity index (χ4v) is 6.88. The SMILES string of the molecule is Cc1ccc(COc2ccc([C@@H]3c4sc(=O)[nH]c4S[C@@H]4C(=O)N(CC(=O)O)C(=O)[C@H]34)cc2)cc1. The van der Waals surface area contributed by atoms with Crippen molar-refractivity contribution in [2.24, 2.45) is 5.92 Å². The van der Waals surface area contributed by atoms with Crippen LogP contribution in [0.1, 0.15) is 27.5 Å². The van der Waals surface area contributed by atoms with E-state index in [0.29, 0.717) is 22.3 Å². The minimum absolute atomic E-state index is 0.261. The van der Waals surface area contributed by atoms with Gasteiger partial charge < -0.3 is 14.8 Å². The number of aromatic amines is 1. The summed E-state index contributed by atoms with van der Waals surface area (Å²) in [6.45, 7) is 1.76. The molecule has 2 aliphatic heterocycles. The van der Waals surface area contributed by atoms with Crippen molar-refractivity contribution in [1.82, 2.24) is 9.88 Å². The number of ether oxygens (including phenoxy) is 1. The van der Waals surface area contributed by atoms with Gasteiger partial charge >= 0.3 is 10.8 Å². The Morgan fingerprint density at radius 1 is 1.06 bits per heavy atom. The van der Waals surface area contributed by atoms with Crippen LogP contribution in [0.3, 0.4) is 0 Å². The van der Waals surface area contributed by atoms with E-state index in [4.69, 9.17) is 9.84 Å². The second-order valence-corrected chi connectivity index (χ2v) is 10.4. The molecule has 1 fully saturated rings. The summed E-state index contributed by atoms with van der Waals surface area (Å²) < 4.78 is 5.88. The summed E-state index contributed by atoms with van der Waals surface area (Å²) in [6, 6.07) is 15.3. The van der Waals surface area contributed by atoms with E-state index in [1.165, 1.54) is 5.56 Å². The minimum Gasteiger partial charge on any atom is -0.489 e. The molecule has 5 rings (SSSR count). The standard InChI is InChI=1S/C24H20N2O6S2/c1-12-2-4-13(5-3-12)11-32-15-8-6-14(7-9-15)17-18-20(33-21-19(17)34-24(31)25-21)23(30)26(22(18)29)10-16(27)28/h2-9,17-18,20H,10-11H2,1H3,(H,25,31)(H,27,28)/t17-,18+,20-/m0/s1. The van der Waals surface area contributed by atoms with E-state index in [9.17, 15) is 19.2 Å². The largest absolute Gasteiger partial charge is 0.489 e. The number of thiazole rings is 1. The van der Waals surface area contributed by atoms with Crippen LogP contribution in [0.5, 0.6) is 5.75 Å². The number of aromatic nitrogens is 1. The minimum atomic E-state index is -1.25. The number of carboxylic acid groups (broad SMARTS) is 1. The number of nitrogens with zero attached hydrogens (tertiary/aromatic N) is 1. The number of aryl methyl sites for hydroxylation is 1. The first-order chi connectivity index (χ1) is 16.3. The summed E-state index contributed by atoms with van der Waals surface area (Å²) in [5, 5.41) is 8.93. The number of likely N-dealkylation sites (tertiary alicyclic amines) is 1. The Kier molecular flexibility index (Phi) is 5.78. The van der Waals surface area contributed by atoms with E-state index in [1.807, 2.05) is 43.3 Å². The van der Waals surface area contributed by atoms with Crippen LogP contribution < -0.4 is 9.61 Å². The molecule has 34 heavy (non-hydrogen) atoms. The predicted molar refractivity (Wildman–Crippen MR) is 126 cm³/mol. The van der Waals surface area contributed by atoms with Crippen LogP contribution in [0.4, 0.5) is 0 Å². The van der Waals surface area contributed by atoms with E-state index in [0.717, 1.165) is 39.1 Å². The summed E-state index contributed by atoms with van der Waals surface area (Å²) in [6.07, 6.45) is 0.